The highest BCUT2D eigenvalue weighted by molar-refractivity contribution is 5.98. The maximum absolute atomic E-state index is 12.0. The molecule has 0 bridgehead atoms. The van der Waals surface area contributed by atoms with Crippen molar-refractivity contribution in [1.29, 1.82) is 0 Å². The van der Waals surface area contributed by atoms with Crippen LogP contribution in [0.25, 0.3) is 0 Å². The van der Waals surface area contributed by atoms with Crippen LogP contribution in [-0.4, -0.2) is 25.6 Å². The number of amides is 1. The zero-order valence-electron chi connectivity index (χ0n) is 14.0. The Labute approximate surface area is 132 Å². The van der Waals surface area contributed by atoms with Gasteiger partial charge in [0.15, 0.2) is 0 Å². The van der Waals surface area contributed by atoms with Crippen LogP contribution in [0.1, 0.15) is 50.9 Å². The lowest BCUT2D eigenvalue weighted by molar-refractivity contribution is -0.123. The molecular formula is C17H25NO4. The van der Waals surface area contributed by atoms with Gasteiger partial charge in [-0.15, -0.1) is 0 Å². The summed E-state index contributed by atoms with van der Waals surface area (Å²) >= 11 is 0. The van der Waals surface area contributed by atoms with Crippen molar-refractivity contribution in [2.45, 2.75) is 40.5 Å². The van der Waals surface area contributed by atoms with Gasteiger partial charge >= 0.3 is 5.97 Å². The predicted octanol–water partition coefficient (Wildman–Crippen LogP) is 3.64. The summed E-state index contributed by atoms with van der Waals surface area (Å²) in [5, 5.41) is 2.79. The number of carbonyl (C=O) groups is 2. The number of anilines is 1. The summed E-state index contributed by atoms with van der Waals surface area (Å²) in [5.41, 5.74) is 0.343. The first-order valence-electron chi connectivity index (χ1n) is 7.46. The average Bonchev–Trinajstić information content (AvgIpc) is 2.46. The highest BCUT2D eigenvalue weighted by Crippen LogP contribution is 2.25. The van der Waals surface area contributed by atoms with Crippen molar-refractivity contribution in [2.75, 3.05) is 19.0 Å². The maximum Gasteiger partial charge on any atom is 0.341 e. The molecule has 0 heterocycles. The Bertz CT molecular complexity index is 532. The Morgan fingerprint density at radius 1 is 1.23 bits per heavy atom. The number of rotatable bonds is 6. The van der Waals surface area contributed by atoms with E-state index in [0.717, 1.165) is 12.8 Å². The van der Waals surface area contributed by atoms with E-state index in [-0.39, 0.29) is 5.91 Å². The molecule has 0 radical (unpaired) electrons. The number of unbranched alkanes of at least 4 members (excludes halogenated alkanes) is 1. The van der Waals surface area contributed by atoms with Crippen LogP contribution in [-0.2, 0) is 9.53 Å². The molecule has 1 aromatic carbocycles. The zero-order chi connectivity index (χ0) is 16.8. The highest BCUT2D eigenvalue weighted by Gasteiger charge is 2.22. The van der Waals surface area contributed by atoms with E-state index in [1.165, 1.54) is 7.11 Å². The first kappa shape index (κ1) is 18.0. The monoisotopic (exact) mass is 307 g/mol. The van der Waals surface area contributed by atoms with Gasteiger partial charge in [0.25, 0.3) is 0 Å². The number of carbonyl (C=O) groups excluding carboxylic acids is 2. The summed E-state index contributed by atoms with van der Waals surface area (Å²) < 4.78 is 10.4. The molecule has 0 aliphatic heterocycles. The standard InChI is InChI=1S/C17H25NO4/c1-6-7-10-22-14-9-8-12(11-13(14)15(19)21-5)18-16(20)17(2,3)4/h8-9,11H,6-7,10H2,1-5H3,(H,18,20). The van der Waals surface area contributed by atoms with Crippen molar-refractivity contribution in [3.63, 3.8) is 0 Å². The molecule has 0 aliphatic rings. The maximum atomic E-state index is 12.0. The van der Waals surface area contributed by atoms with Gasteiger partial charge in [0.05, 0.1) is 13.7 Å². The summed E-state index contributed by atoms with van der Waals surface area (Å²) in [6.07, 6.45) is 1.91. The van der Waals surface area contributed by atoms with Crippen molar-refractivity contribution >= 4 is 17.6 Å². The highest BCUT2D eigenvalue weighted by atomic mass is 16.5. The fraction of sp³-hybridized carbons (Fsp3) is 0.529. The second kappa shape index (κ2) is 7.82. The van der Waals surface area contributed by atoms with Gasteiger partial charge in [-0.1, -0.05) is 34.1 Å². The average molecular weight is 307 g/mol. The van der Waals surface area contributed by atoms with Gasteiger partial charge in [0, 0.05) is 11.1 Å². The number of hydrogen-bond donors (Lipinski definition) is 1. The number of hydrogen-bond acceptors (Lipinski definition) is 4. The van der Waals surface area contributed by atoms with Crippen LogP contribution in [0.3, 0.4) is 0 Å². The summed E-state index contributed by atoms with van der Waals surface area (Å²) in [6.45, 7) is 8.08. The number of methoxy groups -OCH3 is 1. The normalized spacial score (nSPS) is 11.0. The van der Waals surface area contributed by atoms with E-state index in [1.54, 1.807) is 18.2 Å². The molecule has 0 atom stereocenters. The Kier molecular flexibility index (Phi) is 6.40. The van der Waals surface area contributed by atoms with Crippen LogP contribution >= 0.6 is 0 Å². The third-order valence-electron chi connectivity index (χ3n) is 3.08. The van der Waals surface area contributed by atoms with Crippen molar-refractivity contribution in [2.24, 2.45) is 5.41 Å². The predicted molar refractivity (Wildman–Crippen MR) is 86.3 cm³/mol. The number of esters is 1. The minimum atomic E-state index is -0.512. The van der Waals surface area contributed by atoms with Crippen molar-refractivity contribution in [1.82, 2.24) is 0 Å². The van der Waals surface area contributed by atoms with Crippen LogP contribution in [0.15, 0.2) is 18.2 Å². The molecule has 22 heavy (non-hydrogen) atoms. The van der Waals surface area contributed by atoms with E-state index in [9.17, 15) is 9.59 Å². The van der Waals surface area contributed by atoms with Gasteiger partial charge in [-0.05, 0) is 24.6 Å². The molecule has 1 amide bonds. The van der Waals surface area contributed by atoms with E-state index >= 15 is 0 Å². The molecule has 0 unspecified atom stereocenters. The van der Waals surface area contributed by atoms with Gasteiger partial charge in [0.1, 0.15) is 11.3 Å². The third kappa shape index (κ3) is 5.06. The second-order valence-corrected chi connectivity index (χ2v) is 6.11. The summed E-state index contributed by atoms with van der Waals surface area (Å²) in [4.78, 5) is 23.9. The molecule has 0 fully saturated rings. The minimum Gasteiger partial charge on any atom is -0.493 e. The lowest BCUT2D eigenvalue weighted by atomic mass is 9.95. The van der Waals surface area contributed by atoms with Gasteiger partial charge < -0.3 is 14.8 Å². The van der Waals surface area contributed by atoms with Crippen molar-refractivity contribution in [3.05, 3.63) is 23.8 Å². The summed E-state index contributed by atoms with van der Waals surface area (Å²) in [5.74, 6) is -0.143. The van der Waals surface area contributed by atoms with Gasteiger partial charge in [-0.3, -0.25) is 4.79 Å². The number of benzene rings is 1. The largest absolute Gasteiger partial charge is 0.493 e. The SMILES string of the molecule is CCCCOc1ccc(NC(=O)C(C)(C)C)cc1C(=O)OC. The fourth-order valence-electron chi connectivity index (χ4n) is 1.65. The molecule has 0 saturated carbocycles. The van der Waals surface area contributed by atoms with E-state index in [0.29, 0.717) is 23.6 Å². The van der Waals surface area contributed by atoms with E-state index in [4.69, 9.17) is 9.47 Å². The molecule has 122 valence electrons. The smallest absolute Gasteiger partial charge is 0.341 e. The van der Waals surface area contributed by atoms with Crippen LogP contribution in [0.4, 0.5) is 5.69 Å². The van der Waals surface area contributed by atoms with E-state index in [1.807, 2.05) is 20.8 Å². The topological polar surface area (TPSA) is 64.6 Å². The zero-order valence-corrected chi connectivity index (χ0v) is 14.0. The molecule has 0 spiro atoms. The molecule has 5 nitrogen and oxygen atoms in total. The van der Waals surface area contributed by atoms with Crippen molar-refractivity contribution in [3.8, 4) is 5.75 Å². The molecule has 0 aromatic heterocycles. The molecule has 0 aliphatic carbocycles. The Balaban J connectivity index is 2.99. The summed E-state index contributed by atoms with van der Waals surface area (Å²) in [7, 11) is 1.32. The lowest BCUT2D eigenvalue weighted by Crippen LogP contribution is -2.27. The van der Waals surface area contributed by atoms with Crippen LogP contribution in [0.5, 0.6) is 5.75 Å². The van der Waals surface area contributed by atoms with Crippen LogP contribution < -0.4 is 10.1 Å². The fourth-order valence-corrected chi connectivity index (χ4v) is 1.65. The third-order valence-corrected chi connectivity index (χ3v) is 3.08. The van der Waals surface area contributed by atoms with Gasteiger partial charge in [0.2, 0.25) is 5.91 Å². The summed E-state index contributed by atoms with van der Waals surface area (Å²) in [6, 6.07) is 4.98. The first-order chi connectivity index (χ1) is 10.3. The molecular weight excluding hydrogens is 282 g/mol. The van der Waals surface area contributed by atoms with Crippen LogP contribution in [0, 0.1) is 5.41 Å². The van der Waals surface area contributed by atoms with Crippen LogP contribution in [0.2, 0.25) is 0 Å². The molecule has 0 saturated heterocycles. The van der Waals surface area contributed by atoms with E-state index in [2.05, 4.69) is 12.2 Å². The van der Waals surface area contributed by atoms with Gasteiger partial charge in [-0.2, -0.15) is 0 Å². The van der Waals surface area contributed by atoms with E-state index < -0.39 is 11.4 Å². The quantitative estimate of drug-likeness (QED) is 0.644. The Morgan fingerprint density at radius 2 is 1.91 bits per heavy atom. The first-order valence-corrected chi connectivity index (χ1v) is 7.46. The lowest BCUT2D eigenvalue weighted by Gasteiger charge is -2.18. The van der Waals surface area contributed by atoms with Gasteiger partial charge in [-0.25, -0.2) is 4.79 Å². The molecule has 1 N–H and O–H groups in total. The molecule has 5 heteroatoms. The number of nitrogens with one attached hydrogen (secondary N) is 1. The second-order valence-electron chi connectivity index (χ2n) is 6.11. The Hall–Kier alpha value is -2.04. The minimum absolute atomic E-state index is 0.122. The molecule has 1 rings (SSSR count). The van der Waals surface area contributed by atoms with Crippen molar-refractivity contribution < 1.29 is 19.1 Å². The Morgan fingerprint density at radius 3 is 2.45 bits per heavy atom. The molecule has 1 aromatic rings. The number of ether oxygens (including phenoxy) is 2.